The molecular weight excluding hydrogens is 663 g/mol. The van der Waals surface area contributed by atoms with E-state index in [4.69, 9.17) is 15.0 Å². The summed E-state index contributed by atoms with van der Waals surface area (Å²) < 4.78 is 36.8. The standard InChI is InChI=1S/C47H43N3Si2/c1-51(2,3)41-26-22-36(23-27-41)45-48-46(37-24-28-42(29-25-37)52(4,5)6)50-47(49-45)40-12-9-11-38(30-40)32-14-16-33(17-15-32)39-21-20-35-19-18-34-10-7-8-13-43(34)44(35)31-39/h7-31H,1-6H3/i14D,15D,16D,17D. The first-order valence-corrected chi connectivity index (χ1v) is 24.8. The lowest BCUT2D eigenvalue weighted by Crippen LogP contribution is -2.37. The van der Waals surface area contributed by atoms with Gasteiger partial charge in [0.1, 0.15) is 0 Å². The normalized spacial score (nSPS) is 13.1. The molecule has 254 valence electrons. The highest BCUT2D eigenvalue weighted by molar-refractivity contribution is 6.89. The summed E-state index contributed by atoms with van der Waals surface area (Å²) in [5, 5.41) is 6.93. The van der Waals surface area contributed by atoms with E-state index in [2.05, 4.69) is 112 Å². The zero-order valence-corrected chi connectivity index (χ0v) is 32.5. The second-order valence-electron chi connectivity index (χ2n) is 15.5. The van der Waals surface area contributed by atoms with Gasteiger partial charge in [-0.15, -0.1) is 0 Å². The highest BCUT2D eigenvalue weighted by Crippen LogP contribution is 2.33. The van der Waals surface area contributed by atoms with Crippen LogP contribution >= 0.6 is 0 Å². The van der Waals surface area contributed by atoms with Crippen molar-refractivity contribution in [2.75, 3.05) is 0 Å². The maximum Gasteiger partial charge on any atom is 0.164 e. The van der Waals surface area contributed by atoms with Gasteiger partial charge in [-0.25, -0.2) is 15.0 Å². The van der Waals surface area contributed by atoms with Crippen molar-refractivity contribution in [3.63, 3.8) is 0 Å². The molecule has 8 aromatic rings. The number of hydrogen-bond acceptors (Lipinski definition) is 3. The van der Waals surface area contributed by atoms with E-state index < -0.39 is 16.1 Å². The van der Waals surface area contributed by atoms with Crippen molar-refractivity contribution in [2.24, 2.45) is 0 Å². The Morgan fingerprint density at radius 2 is 0.788 bits per heavy atom. The van der Waals surface area contributed by atoms with Gasteiger partial charge in [0, 0.05) is 16.7 Å². The Kier molecular flexibility index (Phi) is 7.41. The van der Waals surface area contributed by atoms with Crippen LogP contribution < -0.4 is 10.4 Å². The molecule has 0 fully saturated rings. The molecular formula is C47H43N3Si2. The fourth-order valence-corrected chi connectivity index (χ4v) is 8.91. The summed E-state index contributed by atoms with van der Waals surface area (Å²) >= 11 is 0. The van der Waals surface area contributed by atoms with Crippen molar-refractivity contribution in [3.8, 4) is 56.4 Å². The minimum absolute atomic E-state index is 0.0840. The highest BCUT2D eigenvalue weighted by atomic mass is 28.3. The van der Waals surface area contributed by atoms with E-state index in [-0.39, 0.29) is 35.3 Å². The third kappa shape index (κ3) is 6.77. The summed E-state index contributed by atoms with van der Waals surface area (Å²) in [6, 6.07) is 42.3. The molecule has 0 aliphatic carbocycles. The Balaban J connectivity index is 1.24. The van der Waals surface area contributed by atoms with E-state index in [0.29, 0.717) is 34.2 Å². The summed E-state index contributed by atoms with van der Waals surface area (Å²) in [6.45, 7) is 14.0. The predicted molar refractivity (Wildman–Crippen MR) is 228 cm³/mol. The van der Waals surface area contributed by atoms with Gasteiger partial charge in [-0.3, -0.25) is 0 Å². The van der Waals surface area contributed by atoms with Gasteiger partial charge in [0.25, 0.3) is 0 Å². The molecule has 0 saturated carbocycles. The van der Waals surface area contributed by atoms with Crippen LogP contribution in [0.15, 0.2) is 152 Å². The van der Waals surface area contributed by atoms with E-state index in [1.165, 1.54) is 10.4 Å². The molecule has 0 aliphatic rings. The molecule has 1 aromatic heterocycles. The predicted octanol–water partition coefficient (Wildman–Crippen LogP) is 11.6. The van der Waals surface area contributed by atoms with Crippen molar-refractivity contribution in [3.05, 3.63) is 152 Å². The van der Waals surface area contributed by atoms with Gasteiger partial charge in [0.15, 0.2) is 17.5 Å². The minimum Gasteiger partial charge on any atom is -0.208 e. The average Bonchev–Trinajstić information content (AvgIpc) is 3.19. The van der Waals surface area contributed by atoms with Crippen LogP contribution in [0.25, 0.3) is 78.0 Å². The number of nitrogens with zero attached hydrogens (tertiary/aromatic N) is 3. The third-order valence-corrected chi connectivity index (χ3v) is 13.9. The zero-order valence-electron chi connectivity index (χ0n) is 34.5. The van der Waals surface area contributed by atoms with Crippen LogP contribution in [0.2, 0.25) is 39.3 Å². The molecule has 0 bridgehead atoms. The maximum absolute atomic E-state index is 9.22. The van der Waals surface area contributed by atoms with E-state index in [1.54, 1.807) is 0 Å². The van der Waals surface area contributed by atoms with Gasteiger partial charge in [0.05, 0.1) is 21.6 Å². The number of fused-ring (bicyclic) bond motifs is 3. The zero-order chi connectivity index (χ0) is 39.5. The summed E-state index contributed by atoms with van der Waals surface area (Å²) in [6.07, 6.45) is 0. The molecule has 5 heteroatoms. The summed E-state index contributed by atoms with van der Waals surface area (Å²) in [5.41, 5.74) is 4.18. The van der Waals surface area contributed by atoms with Crippen molar-refractivity contribution in [1.29, 1.82) is 0 Å². The highest BCUT2D eigenvalue weighted by Gasteiger charge is 2.19. The van der Waals surface area contributed by atoms with E-state index in [0.717, 1.165) is 32.7 Å². The first-order valence-electron chi connectivity index (χ1n) is 19.8. The van der Waals surface area contributed by atoms with Gasteiger partial charge in [-0.2, -0.15) is 0 Å². The fraction of sp³-hybridized carbons (Fsp3) is 0.128. The molecule has 1 heterocycles. The van der Waals surface area contributed by atoms with Crippen molar-refractivity contribution in [2.45, 2.75) is 39.3 Å². The van der Waals surface area contributed by atoms with Gasteiger partial charge in [-0.1, -0.05) is 189 Å². The Hall–Kier alpha value is -5.50. The lowest BCUT2D eigenvalue weighted by molar-refractivity contribution is 1.07. The summed E-state index contributed by atoms with van der Waals surface area (Å²) in [7, 11) is -3.03. The molecule has 3 nitrogen and oxygen atoms in total. The van der Waals surface area contributed by atoms with E-state index >= 15 is 0 Å². The van der Waals surface area contributed by atoms with E-state index in [9.17, 15) is 5.48 Å². The summed E-state index contributed by atoms with van der Waals surface area (Å²) in [4.78, 5) is 15.0. The molecule has 7 aromatic carbocycles. The van der Waals surface area contributed by atoms with Crippen LogP contribution in [0.5, 0.6) is 0 Å². The quantitative estimate of drug-likeness (QED) is 0.122. The van der Waals surface area contributed by atoms with Crippen LogP contribution in [0.3, 0.4) is 0 Å². The molecule has 0 amide bonds. The molecule has 0 spiro atoms. The number of hydrogen-bond donors (Lipinski definition) is 0. The third-order valence-electron chi connectivity index (χ3n) is 9.72. The first-order chi connectivity index (χ1) is 26.7. The molecule has 0 atom stereocenters. The topological polar surface area (TPSA) is 38.7 Å². The number of aromatic nitrogens is 3. The smallest absolute Gasteiger partial charge is 0.164 e. The van der Waals surface area contributed by atoms with Crippen LogP contribution in [0.1, 0.15) is 5.48 Å². The summed E-state index contributed by atoms with van der Waals surface area (Å²) in [5.74, 6) is 1.58. The lowest BCUT2D eigenvalue weighted by Gasteiger charge is -2.17. The number of rotatable bonds is 7. The van der Waals surface area contributed by atoms with Gasteiger partial charge in [0.2, 0.25) is 0 Å². The molecule has 0 radical (unpaired) electrons. The average molecular weight is 710 g/mol. The second kappa shape index (κ2) is 13.2. The van der Waals surface area contributed by atoms with Crippen molar-refractivity contribution >= 4 is 48.1 Å². The van der Waals surface area contributed by atoms with Crippen LogP contribution in [0, 0.1) is 0 Å². The molecule has 0 aliphatic heterocycles. The minimum atomic E-state index is -1.51. The molecule has 0 unspecified atom stereocenters. The molecule has 0 saturated heterocycles. The van der Waals surface area contributed by atoms with E-state index in [1.807, 2.05) is 54.6 Å². The monoisotopic (exact) mass is 709 g/mol. The van der Waals surface area contributed by atoms with Gasteiger partial charge < -0.3 is 0 Å². The Labute approximate surface area is 314 Å². The van der Waals surface area contributed by atoms with Crippen LogP contribution in [-0.2, 0) is 0 Å². The Morgan fingerprint density at radius 1 is 0.365 bits per heavy atom. The molecule has 0 N–H and O–H groups in total. The largest absolute Gasteiger partial charge is 0.208 e. The molecule has 52 heavy (non-hydrogen) atoms. The first kappa shape index (κ1) is 29.1. The Bertz CT molecular complexity index is 2700. The van der Waals surface area contributed by atoms with Gasteiger partial charge in [-0.05, 0) is 55.9 Å². The second-order valence-corrected chi connectivity index (χ2v) is 25.7. The fourth-order valence-electron chi connectivity index (χ4n) is 6.57. The van der Waals surface area contributed by atoms with Crippen molar-refractivity contribution < 1.29 is 5.48 Å². The van der Waals surface area contributed by atoms with Crippen molar-refractivity contribution in [1.82, 2.24) is 15.0 Å². The Morgan fingerprint density at radius 3 is 1.33 bits per heavy atom. The van der Waals surface area contributed by atoms with Crippen LogP contribution in [0.4, 0.5) is 0 Å². The maximum atomic E-state index is 9.22. The SMILES string of the molecule is [2H]c1c([2H])c(-c2ccc3ccc4ccccc4c3c2)c([2H])c([2H])c1-c1cccc(-c2nc(-c3ccc([Si](C)(C)C)cc3)nc(-c3ccc([Si](C)(C)C)cc3)n2)c1. The van der Waals surface area contributed by atoms with Gasteiger partial charge >= 0.3 is 0 Å². The lowest BCUT2D eigenvalue weighted by atomic mass is 9.95. The molecule has 8 rings (SSSR count). The van der Waals surface area contributed by atoms with Crippen LogP contribution in [-0.4, -0.2) is 31.1 Å². The number of benzene rings is 7.